The highest BCUT2D eigenvalue weighted by Crippen LogP contribution is 2.16. The molecule has 68 valence electrons. The van der Waals surface area contributed by atoms with Crippen molar-refractivity contribution >= 4 is 21.6 Å². The molecule has 2 nitrogen and oxygen atoms in total. The molecule has 2 aromatic heterocycles. The molecule has 13 heavy (non-hydrogen) atoms. The van der Waals surface area contributed by atoms with Gasteiger partial charge in [0.05, 0.1) is 5.69 Å². The molecule has 0 aliphatic heterocycles. The molecule has 0 amide bonds. The third-order valence-electron chi connectivity index (χ3n) is 2.03. The van der Waals surface area contributed by atoms with E-state index >= 15 is 0 Å². The molecule has 0 radical (unpaired) electrons. The van der Waals surface area contributed by atoms with Crippen LogP contribution in [0.15, 0.2) is 29.0 Å². The molecule has 0 saturated heterocycles. The fourth-order valence-corrected chi connectivity index (χ4v) is 1.62. The van der Waals surface area contributed by atoms with E-state index in [0.29, 0.717) is 5.92 Å². The lowest BCUT2D eigenvalue weighted by Gasteiger charge is -1.94. The molecule has 0 unspecified atom stereocenters. The van der Waals surface area contributed by atoms with Crippen molar-refractivity contribution in [3.8, 4) is 0 Å². The van der Waals surface area contributed by atoms with Crippen molar-refractivity contribution in [2.45, 2.75) is 19.8 Å². The zero-order chi connectivity index (χ0) is 9.42. The van der Waals surface area contributed by atoms with Crippen molar-refractivity contribution in [1.82, 2.24) is 9.38 Å². The predicted molar refractivity (Wildman–Crippen MR) is 57.0 cm³/mol. The highest BCUT2D eigenvalue weighted by Gasteiger charge is 2.04. The van der Waals surface area contributed by atoms with E-state index in [-0.39, 0.29) is 0 Å². The van der Waals surface area contributed by atoms with E-state index in [2.05, 4.69) is 41.0 Å². The van der Waals surface area contributed by atoms with Gasteiger partial charge in [-0.25, -0.2) is 4.98 Å². The third kappa shape index (κ3) is 1.61. The van der Waals surface area contributed by atoms with Crippen LogP contribution in [0.3, 0.4) is 0 Å². The zero-order valence-corrected chi connectivity index (χ0v) is 9.25. The van der Waals surface area contributed by atoms with Crippen LogP contribution in [0.1, 0.15) is 25.5 Å². The Hall–Kier alpha value is -0.830. The minimum Gasteiger partial charge on any atom is -0.306 e. The molecule has 0 saturated carbocycles. The summed E-state index contributed by atoms with van der Waals surface area (Å²) in [7, 11) is 0. The van der Waals surface area contributed by atoms with Crippen molar-refractivity contribution in [2.24, 2.45) is 0 Å². The quantitative estimate of drug-likeness (QED) is 0.746. The molecule has 0 spiro atoms. The van der Waals surface area contributed by atoms with Gasteiger partial charge in [-0.3, -0.25) is 0 Å². The molecule has 0 aromatic carbocycles. The van der Waals surface area contributed by atoms with Crippen LogP contribution >= 0.6 is 15.9 Å². The Labute approximate surface area is 85.7 Å². The van der Waals surface area contributed by atoms with Crippen LogP contribution < -0.4 is 0 Å². The van der Waals surface area contributed by atoms with Gasteiger partial charge in [0.15, 0.2) is 0 Å². The molecule has 3 heteroatoms. The Balaban J connectivity index is 2.62. The Morgan fingerprint density at radius 3 is 2.77 bits per heavy atom. The van der Waals surface area contributed by atoms with Crippen LogP contribution in [0, 0.1) is 0 Å². The first-order chi connectivity index (χ1) is 6.16. The van der Waals surface area contributed by atoms with Gasteiger partial charge in [0.2, 0.25) is 0 Å². The Morgan fingerprint density at radius 1 is 1.31 bits per heavy atom. The van der Waals surface area contributed by atoms with Crippen LogP contribution in [0.5, 0.6) is 0 Å². The summed E-state index contributed by atoms with van der Waals surface area (Å²) in [5.41, 5.74) is 2.14. The number of aromatic nitrogens is 2. The maximum atomic E-state index is 4.50. The number of imidazole rings is 1. The van der Waals surface area contributed by atoms with Gasteiger partial charge in [0.1, 0.15) is 5.65 Å². The van der Waals surface area contributed by atoms with E-state index in [1.54, 1.807) is 0 Å². The number of hydrogen-bond acceptors (Lipinski definition) is 1. The van der Waals surface area contributed by atoms with Gasteiger partial charge in [0, 0.05) is 16.9 Å². The molecule has 2 heterocycles. The molecule has 0 atom stereocenters. The molecule has 2 rings (SSSR count). The summed E-state index contributed by atoms with van der Waals surface area (Å²) in [6.45, 7) is 4.30. The molecule has 2 aromatic rings. The lowest BCUT2D eigenvalue weighted by molar-refractivity contribution is 0.834. The molecule has 0 N–H and O–H groups in total. The minimum atomic E-state index is 0.485. The average molecular weight is 239 g/mol. The largest absolute Gasteiger partial charge is 0.306 e. The van der Waals surface area contributed by atoms with E-state index in [1.807, 2.05) is 22.7 Å². The number of pyridine rings is 1. The highest BCUT2D eigenvalue weighted by atomic mass is 79.9. The number of hydrogen-bond donors (Lipinski definition) is 0. The lowest BCUT2D eigenvalue weighted by atomic mass is 10.2. The van der Waals surface area contributed by atoms with Crippen molar-refractivity contribution in [3.63, 3.8) is 0 Å². The van der Waals surface area contributed by atoms with Gasteiger partial charge in [0.25, 0.3) is 0 Å². The Bertz CT molecular complexity index is 431. The number of rotatable bonds is 1. The number of nitrogens with zero attached hydrogens (tertiary/aromatic N) is 2. The minimum absolute atomic E-state index is 0.485. The average Bonchev–Trinajstić information content (AvgIpc) is 2.46. The summed E-state index contributed by atoms with van der Waals surface area (Å²) in [4.78, 5) is 4.50. The van der Waals surface area contributed by atoms with Gasteiger partial charge in [-0.1, -0.05) is 13.8 Å². The van der Waals surface area contributed by atoms with Crippen molar-refractivity contribution in [2.75, 3.05) is 0 Å². The summed E-state index contributed by atoms with van der Waals surface area (Å²) in [6, 6.07) is 4.02. The molecule has 0 bridgehead atoms. The molecular formula is C10H11BrN2. The van der Waals surface area contributed by atoms with Crippen LogP contribution in [0.4, 0.5) is 0 Å². The van der Waals surface area contributed by atoms with E-state index in [4.69, 9.17) is 0 Å². The molecule has 0 aliphatic carbocycles. The monoisotopic (exact) mass is 238 g/mol. The van der Waals surface area contributed by atoms with Crippen LogP contribution in [-0.2, 0) is 0 Å². The van der Waals surface area contributed by atoms with E-state index in [1.165, 1.54) is 0 Å². The second-order valence-corrected chi connectivity index (χ2v) is 4.35. The van der Waals surface area contributed by atoms with Crippen LogP contribution in [0.2, 0.25) is 0 Å². The SMILES string of the molecule is CC(C)c1cn2cc(Br)ccc2n1. The van der Waals surface area contributed by atoms with Crippen molar-refractivity contribution in [1.29, 1.82) is 0 Å². The van der Waals surface area contributed by atoms with Gasteiger partial charge in [-0.15, -0.1) is 0 Å². The molecular weight excluding hydrogens is 228 g/mol. The van der Waals surface area contributed by atoms with E-state index in [9.17, 15) is 0 Å². The predicted octanol–water partition coefficient (Wildman–Crippen LogP) is 3.22. The Morgan fingerprint density at radius 2 is 2.08 bits per heavy atom. The highest BCUT2D eigenvalue weighted by molar-refractivity contribution is 9.10. The number of halogens is 1. The zero-order valence-electron chi connectivity index (χ0n) is 7.66. The van der Waals surface area contributed by atoms with Crippen LogP contribution in [-0.4, -0.2) is 9.38 Å². The topological polar surface area (TPSA) is 17.3 Å². The van der Waals surface area contributed by atoms with E-state index in [0.717, 1.165) is 15.8 Å². The first-order valence-corrected chi connectivity index (χ1v) is 5.10. The third-order valence-corrected chi connectivity index (χ3v) is 2.49. The standard InChI is InChI=1S/C10H11BrN2/c1-7(2)9-6-13-5-8(11)3-4-10(13)12-9/h3-7H,1-2H3. The van der Waals surface area contributed by atoms with Gasteiger partial charge >= 0.3 is 0 Å². The smallest absolute Gasteiger partial charge is 0.137 e. The van der Waals surface area contributed by atoms with E-state index < -0.39 is 0 Å². The van der Waals surface area contributed by atoms with Crippen molar-refractivity contribution in [3.05, 3.63) is 34.7 Å². The maximum Gasteiger partial charge on any atom is 0.137 e. The Kier molecular flexibility index (Phi) is 2.12. The summed E-state index contributed by atoms with van der Waals surface area (Å²) in [5, 5.41) is 0. The normalized spacial score (nSPS) is 11.4. The van der Waals surface area contributed by atoms with Crippen LogP contribution in [0.25, 0.3) is 5.65 Å². The summed E-state index contributed by atoms with van der Waals surface area (Å²) in [6.07, 6.45) is 4.10. The fourth-order valence-electron chi connectivity index (χ4n) is 1.26. The second kappa shape index (κ2) is 3.14. The first-order valence-electron chi connectivity index (χ1n) is 4.31. The maximum absolute atomic E-state index is 4.50. The van der Waals surface area contributed by atoms with Crippen molar-refractivity contribution < 1.29 is 0 Å². The molecule has 0 aliphatic rings. The summed E-state index contributed by atoms with van der Waals surface area (Å²) in [5.74, 6) is 0.485. The lowest BCUT2D eigenvalue weighted by Crippen LogP contribution is -1.84. The summed E-state index contributed by atoms with van der Waals surface area (Å²) < 4.78 is 3.12. The second-order valence-electron chi connectivity index (χ2n) is 3.43. The van der Waals surface area contributed by atoms with Gasteiger partial charge in [-0.05, 0) is 34.0 Å². The molecule has 0 fully saturated rings. The number of fused-ring (bicyclic) bond motifs is 1. The first kappa shape index (κ1) is 8.75. The van der Waals surface area contributed by atoms with Gasteiger partial charge in [-0.2, -0.15) is 0 Å². The summed E-state index contributed by atoms with van der Waals surface area (Å²) >= 11 is 3.43. The van der Waals surface area contributed by atoms with Gasteiger partial charge < -0.3 is 4.40 Å². The fraction of sp³-hybridized carbons (Fsp3) is 0.300.